The third-order valence-electron chi connectivity index (χ3n) is 8.83. The van der Waals surface area contributed by atoms with Crippen molar-refractivity contribution in [3.63, 3.8) is 0 Å². The predicted molar refractivity (Wildman–Crippen MR) is 191 cm³/mol. The van der Waals surface area contributed by atoms with Gasteiger partial charge in [0.15, 0.2) is 9.74 Å². The van der Waals surface area contributed by atoms with Crippen LogP contribution in [0.2, 0.25) is 10.0 Å². The first-order chi connectivity index (χ1) is 24.1. The predicted octanol–water partition coefficient (Wildman–Crippen LogP) is 7.86. The molecule has 4 aromatic rings. The second kappa shape index (κ2) is 14.4. The third kappa shape index (κ3) is 5.79. The zero-order valence-electron chi connectivity index (χ0n) is 27.4. The molecular formula is C36H32Cl2F2N2O6S2. The number of methoxy groups -OCH3 is 4. The van der Waals surface area contributed by atoms with Crippen LogP contribution < -0.4 is 18.9 Å². The van der Waals surface area contributed by atoms with Crippen LogP contribution in [0.5, 0.6) is 23.0 Å². The summed E-state index contributed by atoms with van der Waals surface area (Å²) >= 11 is 15.1. The number of rotatable bonds is 11. The van der Waals surface area contributed by atoms with Crippen molar-refractivity contribution in [3.8, 4) is 23.0 Å². The largest absolute Gasteiger partial charge is 0.496 e. The van der Waals surface area contributed by atoms with E-state index in [9.17, 15) is 14.0 Å². The molecule has 2 aliphatic heterocycles. The van der Waals surface area contributed by atoms with E-state index in [4.69, 9.17) is 42.1 Å². The fourth-order valence-corrected chi connectivity index (χ4v) is 10.6. The van der Waals surface area contributed by atoms with E-state index in [1.165, 1.54) is 82.3 Å². The maximum absolute atomic E-state index is 15.6. The molecule has 0 N–H and O–H groups in total. The average Bonchev–Trinajstić information content (AvgIpc) is 3.63. The minimum Gasteiger partial charge on any atom is -0.496 e. The fourth-order valence-electron chi connectivity index (χ4n) is 6.73. The molecule has 2 atom stereocenters. The Bertz CT molecular complexity index is 1930. The van der Waals surface area contributed by atoms with E-state index in [0.29, 0.717) is 39.7 Å². The summed E-state index contributed by atoms with van der Waals surface area (Å²) < 4.78 is 54.0. The number of carbonyl (C=O) groups is 2. The molecule has 8 nitrogen and oxygen atoms in total. The maximum atomic E-state index is 15.6. The number of amides is 2. The molecular weight excluding hydrogens is 729 g/mol. The Hall–Kier alpha value is -3.84. The highest BCUT2D eigenvalue weighted by Crippen LogP contribution is 2.70. The molecule has 2 unspecified atom stereocenters. The lowest BCUT2D eigenvalue weighted by molar-refractivity contribution is -0.141. The van der Waals surface area contributed by atoms with Crippen molar-refractivity contribution in [2.24, 2.45) is 0 Å². The lowest BCUT2D eigenvalue weighted by atomic mass is 9.85. The van der Waals surface area contributed by atoms with Gasteiger partial charge >= 0.3 is 0 Å². The zero-order valence-corrected chi connectivity index (χ0v) is 30.6. The highest BCUT2D eigenvalue weighted by atomic mass is 35.5. The lowest BCUT2D eigenvalue weighted by Crippen LogP contribution is -2.61. The lowest BCUT2D eigenvalue weighted by Gasteiger charge is -2.54. The van der Waals surface area contributed by atoms with Gasteiger partial charge in [0.1, 0.15) is 34.6 Å². The summed E-state index contributed by atoms with van der Waals surface area (Å²) in [6.45, 7) is -0.315. The van der Waals surface area contributed by atoms with E-state index in [1.54, 1.807) is 52.3 Å². The number of carbonyl (C=O) groups excluding carboxylic acids is 2. The van der Waals surface area contributed by atoms with E-state index in [1.807, 2.05) is 0 Å². The van der Waals surface area contributed by atoms with Crippen molar-refractivity contribution in [1.82, 2.24) is 9.80 Å². The first-order valence-corrected chi connectivity index (χ1v) is 18.0. The Morgan fingerprint density at radius 3 is 1.58 bits per heavy atom. The van der Waals surface area contributed by atoms with Crippen molar-refractivity contribution in [2.75, 3.05) is 39.9 Å². The number of thioether (sulfide) groups is 2. The van der Waals surface area contributed by atoms with Gasteiger partial charge < -0.3 is 28.7 Å². The number of hydrogen-bond donors (Lipinski definition) is 0. The Kier molecular flexibility index (Phi) is 10.4. The third-order valence-corrected chi connectivity index (χ3v) is 12.5. The van der Waals surface area contributed by atoms with Gasteiger partial charge in [-0.25, -0.2) is 8.78 Å². The van der Waals surface area contributed by atoms with Gasteiger partial charge in [-0.15, -0.1) is 23.5 Å². The highest BCUT2D eigenvalue weighted by molar-refractivity contribution is 8.05. The minimum absolute atomic E-state index is 0.0382. The molecule has 2 amide bonds. The zero-order chi connectivity index (χ0) is 35.8. The smallest absolute Gasteiger partial charge is 0.234 e. The average molecular weight is 762 g/mol. The van der Waals surface area contributed by atoms with Crippen molar-refractivity contribution in [3.05, 3.63) is 117 Å². The van der Waals surface area contributed by atoms with Gasteiger partial charge in [-0.3, -0.25) is 9.59 Å². The van der Waals surface area contributed by atoms with E-state index >= 15 is 4.39 Å². The van der Waals surface area contributed by atoms with Crippen molar-refractivity contribution in [2.45, 2.75) is 22.8 Å². The van der Waals surface area contributed by atoms with Gasteiger partial charge in [0, 0.05) is 17.1 Å². The molecule has 0 saturated carbocycles. The molecule has 0 aromatic heterocycles. The van der Waals surface area contributed by atoms with Crippen LogP contribution in [-0.4, -0.2) is 61.6 Å². The van der Waals surface area contributed by atoms with Gasteiger partial charge in [0.25, 0.3) is 0 Å². The summed E-state index contributed by atoms with van der Waals surface area (Å²) in [5.74, 6) is -0.523. The van der Waals surface area contributed by atoms with Gasteiger partial charge in [0.05, 0.1) is 62.6 Å². The van der Waals surface area contributed by atoms with Crippen molar-refractivity contribution < 1.29 is 37.3 Å². The van der Waals surface area contributed by atoms with Gasteiger partial charge in [-0.2, -0.15) is 0 Å². The van der Waals surface area contributed by atoms with E-state index in [0.717, 1.165) is 0 Å². The normalized spacial score (nSPS) is 20.4. The minimum atomic E-state index is -1.63. The first-order valence-electron chi connectivity index (χ1n) is 15.3. The van der Waals surface area contributed by atoms with Crippen LogP contribution in [-0.2, 0) is 32.4 Å². The van der Waals surface area contributed by atoms with E-state index in [-0.39, 0.29) is 52.0 Å². The molecule has 0 bridgehead atoms. The van der Waals surface area contributed by atoms with Crippen molar-refractivity contribution in [1.29, 1.82) is 0 Å². The number of ether oxygens (including phenoxy) is 4. The summed E-state index contributed by atoms with van der Waals surface area (Å²) in [6, 6.07) is 18.8. The molecule has 262 valence electrons. The first kappa shape index (κ1) is 36.0. The van der Waals surface area contributed by atoms with Gasteiger partial charge in [-0.1, -0.05) is 41.4 Å². The van der Waals surface area contributed by atoms with E-state index < -0.39 is 21.4 Å². The maximum Gasteiger partial charge on any atom is 0.234 e. The van der Waals surface area contributed by atoms with Crippen LogP contribution in [0.1, 0.15) is 22.3 Å². The molecule has 2 heterocycles. The SMILES string of the molecule is COc1cccc(OC)c1C1(C2(c3c(OC)cccc3OC)SCC(=O)N2Cc2cc(Cl)ccc2F)SCC(=O)N1Cc1ccc(F)c(Cl)c1. The summed E-state index contributed by atoms with van der Waals surface area (Å²) in [6.07, 6.45) is 0. The molecule has 6 rings (SSSR count). The Morgan fingerprint density at radius 2 is 1.12 bits per heavy atom. The number of hydrogen-bond acceptors (Lipinski definition) is 8. The molecule has 2 aliphatic rings. The molecule has 0 spiro atoms. The van der Waals surface area contributed by atoms with Crippen LogP contribution >= 0.6 is 46.7 Å². The standard InChI is InChI=1S/C36H32Cl2F2N2O6S2/c1-45-27-7-5-8-28(46-2)33(27)35(41(31(43)19-49-35)17-21-11-13-26(40)24(38)15-21)36(34-29(47-3)9-6-10-30(34)48-4)42(32(44)20-50-36)18-22-16-23(37)12-14-25(22)39/h5-16H,17-20H2,1-4H3. The number of nitrogens with zero attached hydrogens (tertiary/aromatic N) is 2. The molecule has 14 heteroatoms. The van der Waals surface area contributed by atoms with Crippen LogP contribution in [0.4, 0.5) is 8.78 Å². The number of benzene rings is 4. The van der Waals surface area contributed by atoms with Crippen LogP contribution in [0, 0.1) is 11.6 Å². The summed E-state index contributed by atoms with van der Waals surface area (Å²) in [4.78, 5) is 28.9. The second-order valence-electron chi connectivity index (χ2n) is 11.4. The highest BCUT2D eigenvalue weighted by Gasteiger charge is 2.71. The molecule has 50 heavy (non-hydrogen) atoms. The monoisotopic (exact) mass is 760 g/mol. The number of halogens is 4. The van der Waals surface area contributed by atoms with Crippen LogP contribution in [0.25, 0.3) is 0 Å². The van der Waals surface area contributed by atoms with Gasteiger partial charge in [0.2, 0.25) is 11.8 Å². The topological polar surface area (TPSA) is 77.5 Å². The fraction of sp³-hybridized carbons (Fsp3) is 0.278. The molecule has 2 fully saturated rings. The molecule has 4 aromatic carbocycles. The second-order valence-corrected chi connectivity index (χ2v) is 14.6. The van der Waals surface area contributed by atoms with Crippen LogP contribution in [0.3, 0.4) is 0 Å². The molecule has 2 saturated heterocycles. The summed E-state index contributed by atoms with van der Waals surface area (Å²) in [7, 11) is 5.99. The van der Waals surface area contributed by atoms with E-state index in [2.05, 4.69) is 0 Å². The summed E-state index contributed by atoms with van der Waals surface area (Å²) in [5.41, 5.74) is 1.52. The summed E-state index contributed by atoms with van der Waals surface area (Å²) in [5, 5.41) is 0.161. The Balaban J connectivity index is 1.78. The van der Waals surface area contributed by atoms with Gasteiger partial charge in [-0.05, 0) is 60.2 Å². The quantitative estimate of drug-likeness (QED) is 0.153. The Labute approximate surface area is 306 Å². The Morgan fingerprint density at radius 1 is 0.660 bits per heavy atom. The molecule has 0 aliphatic carbocycles. The van der Waals surface area contributed by atoms with Crippen LogP contribution in [0.15, 0.2) is 72.8 Å². The van der Waals surface area contributed by atoms with Crippen molar-refractivity contribution >= 4 is 58.5 Å². The molecule has 0 radical (unpaired) electrons.